The number of nitrogens with zero attached hydrogens (tertiary/aromatic N) is 2. The molecule has 0 saturated carbocycles. The Hall–Kier alpha value is -2.24. The lowest BCUT2D eigenvalue weighted by molar-refractivity contribution is -0.393. The van der Waals surface area contributed by atoms with Crippen molar-refractivity contribution < 1.29 is 32.1 Å². The average Bonchev–Trinajstić information content (AvgIpc) is 2.75. The molecule has 0 atom stereocenters. The summed E-state index contributed by atoms with van der Waals surface area (Å²) in [4.78, 5) is 29.4. The highest BCUT2D eigenvalue weighted by Crippen LogP contribution is 2.20. The van der Waals surface area contributed by atoms with Crippen LogP contribution in [0.1, 0.15) is 12.6 Å². The molecule has 0 aliphatic rings. The van der Waals surface area contributed by atoms with E-state index in [4.69, 9.17) is 0 Å². The summed E-state index contributed by atoms with van der Waals surface area (Å²) < 4.78 is 51.6. The quantitative estimate of drug-likeness (QED) is 0.446. The van der Waals surface area contributed by atoms with Gasteiger partial charge in [0.25, 0.3) is 5.92 Å². The van der Waals surface area contributed by atoms with Gasteiger partial charge in [-0.1, -0.05) is 4.98 Å². The average molecular weight is 314 g/mol. The third-order valence-corrected chi connectivity index (χ3v) is 2.08. The molecule has 0 unspecified atom stereocenters. The van der Waals surface area contributed by atoms with Crippen LogP contribution in [0.5, 0.6) is 0 Å². The molecule has 1 amide bonds. The van der Waals surface area contributed by atoms with Crippen LogP contribution in [0.15, 0.2) is 6.20 Å². The largest absolute Gasteiger partial charge is 0.432 e. The summed E-state index contributed by atoms with van der Waals surface area (Å²) in [5.74, 6) is -9.90. The Morgan fingerprint density at radius 2 is 2.14 bits per heavy atom. The number of hydroxylamine groups is 1. The van der Waals surface area contributed by atoms with Crippen molar-refractivity contribution in [1.82, 2.24) is 15.4 Å². The minimum Gasteiger partial charge on any atom is -0.390 e. The maximum atomic E-state index is 13.4. The smallest absolute Gasteiger partial charge is 0.390 e. The number of imidazole rings is 1. The van der Waals surface area contributed by atoms with Gasteiger partial charge in [0.05, 0.1) is 6.42 Å². The number of amides is 1. The van der Waals surface area contributed by atoms with Gasteiger partial charge >= 0.3 is 17.8 Å². The molecule has 21 heavy (non-hydrogen) atoms. The molecule has 0 radical (unpaired) electrons. The summed E-state index contributed by atoms with van der Waals surface area (Å²) >= 11 is 0. The number of alkyl halides is 4. The molecule has 0 bridgehead atoms. The summed E-state index contributed by atoms with van der Waals surface area (Å²) in [5, 5.41) is 10.3. The molecular formula is C9H10F4N4O4. The zero-order chi connectivity index (χ0) is 16.3. The van der Waals surface area contributed by atoms with Gasteiger partial charge in [-0.05, 0) is 4.92 Å². The first kappa shape index (κ1) is 16.8. The van der Waals surface area contributed by atoms with Crippen LogP contribution in [-0.2, 0) is 16.1 Å². The van der Waals surface area contributed by atoms with Crippen molar-refractivity contribution in [2.24, 2.45) is 0 Å². The van der Waals surface area contributed by atoms with E-state index in [0.717, 1.165) is 6.20 Å². The fraction of sp³-hybridized carbons (Fsp3) is 0.556. The zero-order valence-electron chi connectivity index (χ0n) is 10.5. The van der Waals surface area contributed by atoms with Crippen molar-refractivity contribution in [2.45, 2.75) is 25.2 Å². The standard InChI is InChI=1S/C9H10F4N4O4/c1-8(10,11)6(18)16-21-4-9(12,13)2-5-3-14-7(15-5)17(19)20/h3H,2,4H2,1H3,(H,14,15)(H,16,18). The van der Waals surface area contributed by atoms with Gasteiger partial charge in [0.2, 0.25) is 0 Å². The fourth-order valence-corrected chi connectivity index (χ4v) is 1.16. The summed E-state index contributed by atoms with van der Waals surface area (Å²) in [5.41, 5.74) is 0.937. The number of carbonyl (C=O) groups is 1. The molecule has 12 heteroatoms. The highest BCUT2D eigenvalue weighted by atomic mass is 19.3. The van der Waals surface area contributed by atoms with Crippen molar-refractivity contribution in [3.63, 3.8) is 0 Å². The molecule has 0 saturated heterocycles. The third-order valence-electron chi connectivity index (χ3n) is 2.08. The van der Waals surface area contributed by atoms with Gasteiger partial charge in [0.1, 0.15) is 18.5 Å². The predicted octanol–water partition coefficient (Wildman–Crippen LogP) is 1.20. The lowest BCUT2D eigenvalue weighted by Crippen LogP contribution is -2.40. The normalized spacial score (nSPS) is 12.2. The Labute approximate surface area is 114 Å². The highest BCUT2D eigenvalue weighted by Gasteiger charge is 2.36. The molecule has 0 aliphatic carbocycles. The lowest BCUT2D eigenvalue weighted by Gasteiger charge is -2.16. The van der Waals surface area contributed by atoms with Crippen molar-refractivity contribution >= 4 is 11.9 Å². The Morgan fingerprint density at radius 3 is 2.62 bits per heavy atom. The molecule has 0 aliphatic heterocycles. The fourth-order valence-electron chi connectivity index (χ4n) is 1.16. The van der Waals surface area contributed by atoms with Crippen molar-refractivity contribution in [3.05, 3.63) is 22.0 Å². The van der Waals surface area contributed by atoms with Gasteiger partial charge in [0, 0.05) is 6.92 Å². The Morgan fingerprint density at radius 1 is 1.52 bits per heavy atom. The van der Waals surface area contributed by atoms with Crippen LogP contribution in [0.2, 0.25) is 0 Å². The lowest BCUT2D eigenvalue weighted by atomic mass is 10.2. The van der Waals surface area contributed by atoms with Crippen molar-refractivity contribution in [1.29, 1.82) is 0 Å². The summed E-state index contributed by atoms with van der Waals surface area (Å²) in [6, 6.07) is 0. The topological polar surface area (TPSA) is 110 Å². The van der Waals surface area contributed by atoms with E-state index < -0.39 is 41.7 Å². The van der Waals surface area contributed by atoms with E-state index in [0.29, 0.717) is 0 Å². The molecule has 1 aromatic rings. The van der Waals surface area contributed by atoms with Crippen LogP contribution in [0.4, 0.5) is 23.5 Å². The number of nitrogens with one attached hydrogen (secondary N) is 2. The number of hydrogen-bond acceptors (Lipinski definition) is 5. The number of carbonyl (C=O) groups excluding carboxylic acids is 1. The van der Waals surface area contributed by atoms with Crippen LogP contribution in [-0.4, -0.2) is 39.3 Å². The van der Waals surface area contributed by atoms with E-state index in [1.54, 1.807) is 0 Å². The van der Waals surface area contributed by atoms with Crippen LogP contribution in [0, 0.1) is 10.1 Å². The van der Waals surface area contributed by atoms with E-state index in [9.17, 15) is 32.5 Å². The molecule has 118 valence electrons. The number of nitro groups is 1. The second-order valence-corrected chi connectivity index (χ2v) is 4.13. The monoisotopic (exact) mass is 314 g/mol. The number of aromatic nitrogens is 2. The molecule has 1 aromatic heterocycles. The molecule has 2 N–H and O–H groups in total. The van der Waals surface area contributed by atoms with E-state index in [1.807, 2.05) is 4.98 Å². The zero-order valence-corrected chi connectivity index (χ0v) is 10.5. The van der Waals surface area contributed by atoms with Gasteiger partial charge in [-0.2, -0.15) is 8.78 Å². The first-order valence-electron chi connectivity index (χ1n) is 5.37. The number of halogens is 4. The molecule has 1 heterocycles. The van der Waals surface area contributed by atoms with Crippen LogP contribution >= 0.6 is 0 Å². The van der Waals surface area contributed by atoms with Crippen molar-refractivity contribution in [3.8, 4) is 0 Å². The van der Waals surface area contributed by atoms with Gasteiger partial charge in [-0.25, -0.2) is 19.2 Å². The van der Waals surface area contributed by atoms with Gasteiger partial charge in [-0.3, -0.25) is 9.63 Å². The van der Waals surface area contributed by atoms with Gasteiger partial charge in [-0.15, -0.1) is 0 Å². The van der Waals surface area contributed by atoms with Gasteiger partial charge < -0.3 is 10.1 Å². The molecule has 0 fully saturated rings. The predicted molar refractivity (Wildman–Crippen MR) is 58.6 cm³/mol. The van der Waals surface area contributed by atoms with Crippen LogP contribution in [0.3, 0.4) is 0 Å². The number of aromatic amines is 1. The summed E-state index contributed by atoms with van der Waals surface area (Å²) in [6.07, 6.45) is -0.170. The molecule has 0 aromatic carbocycles. The maximum Gasteiger partial charge on any atom is 0.432 e. The summed E-state index contributed by atoms with van der Waals surface area (Å²) in [6.45, 7) is -1.12. The minimum absolute atomic E-state index is 0.248. The second kappa shape index (κ2) is 6.03. The Kier molecular flexibility index (Phi) is 4.83. The first-order valence-corrected chi connectivity index (χ1v) is 5.37. The number of rotatable bonds is 7. The van der Waals surface area contributed by atoms with E-state index in [-0.39, 0.29) is 12.6 Å². The van der Waals surface area contributed by atoms with Crippen LogP contribution in [0.25, 0.3) is 0 Å². The first-order chi connectivity index (χ1) is 9.51. The number of H-pyrrole nitrogens is 1. The molecule has 8 nitrogen and oxygen atoms in total. The Balaban J connectivity index is 2.49. The van der Waals surface area contributed by atoms with E-state index >= 15 is 0 Å². The van der Waals surface area contributed by atoms with E-state index in [2.05, 4.69) is 9.82 Å². The minimum atomic E-state index is -3.76. The van der Waals surface area contributed by atoms with E-state index in [1.165, 1.54) is 5.48 Å². The highest BCUT2D eigenvalue weighted by molar-refractivity contribution is 5.81. The number of hydrogen-bond donors (Lipinski definition) is 2. The third kappa shape index (κ3) is 5.33. The molecule has 0 spiro atoms. The van der Waals surface area contributed by atoms with Crippen molar-refractivity contribution in [2.75, 3.05) is 6.61 Å². The maximum absolute atomic E-state index is 13.4. The van der Waals surface area contributed by atoms with Gasteiger partial charge in [0.15, 0.2) is 0 Å². The second-order valence-electron chi connectivity index (χ2n) is 4.13. The summed E-state index contributed by atoms with van der Waals surface area (Å²) in [7, 11) is 0. The SMILES string of the molecule is CC(F)(F)C(=O)NOCC(F)(F)Cc1cnc([N+](=O)[O-])[nH]1. The molecular weight excluding hydrogens is 304 g/mol. The van der Waals surface area contributed by atoms with Crippen LogP contribution < -0.4 is 5.48 Å². The Bertz CT molecular complexity index is 528. The molecule has 1 rings (SSSR count).